The van der Waals surface area contributed by atoms with E-state index in [2.05, 4.69) is 0 Å². The Labute approximate surface area is 134 Å². The van der Waals surface area contributed by atoms with Crippen LogP contribution in [-0.4, -0.2) is 28.3 Å². The van der Waals surface area contributed by atoms with Crippen molar-refractivity contribution in [1.82, 2.24) is 0 Å². The van der Waals surface area contributed by atoms with Crippen LogP contribution in [0.1, 0.15) is 27.9 Å². The molecular formula is C15H14F3NO5. The van der Waals surface area contributed by atoms with Gasteiger partial charge in [-0.05, 0) is 24.1 Å². The molecule has 2 aromatic rings. The quantitative estimate of drug-likeness (QED) is 0.785. The van der Waals surface area contributed by atoms with Crippen molar-refractivity contribution in [2.45, 2.75) is 18.6 Å². The highest BCUT2D eigenvalue weighted by molar-refractivity contribution is 5.84. The molecule has 24 heavy (non-hydrogen) atoms. The van der Waals surface area contributed by atoms with Crippen molar-refractivity contribution in [3.63, 3.8) is 0 Å². The number of hydrogen-bond acceptors (Lipinski definition) is 4. The van der Waals surface area contributed by atoms with Gasteiger partial charge in [0.05, 0.1) is 6.04 Å². The third-order valence-corrected chi connectivity index (χ3v) is 2.74. The van der Waals surface area contributed by atoms with Crippen LogP contribution in [0.3, 0.4) is 0 Å². The van der Waals surface area contributed by atoms with Crippen LogP contribution in [0.25, 0.3) is 0 Å². The van der Waals surface area contributed by atoms with Gasteiger partial charge in [-0.15, -0.1) is 0 Å². The van der Waals surface area contributed by atoms with E-state index in [4.69, 9.17) is 25.2 Å². The fourth-order valence-corrected chi connectivity index (χ4v) is 1.64. The van der Waals surface area contributed by atoms with E-state index in [9.17, 15) is 18.0 Å². The van der Waals surface area contributed by atoms with E-state index in [0.717, 1.165) is 5.56 Å². The van der Waals surface area contributed by atoms with Gasteiger partial charge in [0.2, 0.25) is 5.76 Å². The molecule has 0 radical (unpaired) electrons. The van der Waals surface area contributed by atoms with E-state index in [1.165, 1.54) is 6.07 Å². The summed E-state index contributed by atoms with van der Waals surface area (Å²) in [6.45, 7) is 0. The summed E-state index contributed by atoms with van der Waals surface area (Å²) in [5, 5.41) is 15.9. The lowest BCUT2D eigenvalue weighted by molar-refractivity contribution is -0.192. The topological polar surface area (TPSA) is 114 Å². The monoisotopic (exact) mass is 345 g/mol. The zero-order valence-electron chi connectivity index (χ0n) is 12.2. The molecule has 2 rings (SSSR count). The van der Waals surface area contributed by atoms with Gasteiger partial charge in [0, 0.05) is 0 Å². The molecule has 0 aliphatic carbocycles. The highest BCUT2D eigenvalue weighted by Crippen LogP contribution is 2.18. The molecule has 0 saturated heterocycles. The van der Waals surface area contributed by atoms with Gasteiger partial charge >= 0.3 is 18.1 Å². The van der Waals surface area contributed by atoms with Crippen LogP contribution in [0.2, 0.25) is 0 Å². The summed E-state index contributed by atoms with van der Waals surface area (Å²) in [4.78, 5) is 19.6. The summed E-state index contributed by atoms with van der Waals surface area (Å²) < 4.78 is 36.9. The lowest BCUT2D eigenvalue weighted by Crippen LogP contribution is -2.21. The Balaban J connectivity index is 0.000000351. The van der Waals surface area contributed by atoms with Gasteiger partial charge in [-0.25, -0.2) is 9.59 Å². The molecule has 0 fully saturated rings. The van der Waals surface area contributed by atoms with Crippen molar-refractivity contribution in [3.05, 3.63) is 59.5 Å². The SMILES string of the molecule is N[C@H](Cc1ccccc1)c1ccc(C(=O)O)o1.O=C(O)C(F)(F)F. The number of alkyl halides is 3. The average molecular weight is 345 g/mol. The first-order chi connectivity index (χ1) is 11.1. The van der Waals surface area contributed by atoms with Gasteiger partial charge in [0.1, 0.15) is 5.76 Å². The first kappa shape index (κ1) is 19.2. The average Bonchev–Trinajstić information content (AvgIpc) is 2.98. The Kier molecular flexibility index (Phi) is 6.54. The van der Waals surface area contributed by atoms with Crippen molar-refractivity contribution in [3.8, 4) is 0 Å². The number of aromatic carboxylic acids is 1. The van der Waals surface area contributed by atoms with E-state index >= 15 is 0 Å². The molecule has 0 spiro atoms. The van der Waals surface area contributed by atoms with E-state index in [1.807, 2.05) is 30.3 Å². The number of furan rings is 1. The number of benzene rings is 1. The van der Waals surface area contributed by atoms with Crippen molar-refractivity contribution >= 4 is 11.9 Å². The predicted molar refractivity (Wildman–Crippen MR) is 76.4 cm³/mol. The first-order valence-corrected chi connectivity index (χ1v) is 6.54. The second-order valence-electron chi connectivity index (χ2n) is 4.61. The molecule has 0 unspecified atom stereocenters. The Morgan fingerprint density at radius 1 is 1.08 bits per heavy atom. The number of carboxylic acids is 2. The molecule has 1 heterocycles. The number of nitrogens with two attached hydrogens (primary N) is 1. The molecule has 0 saturated carbocycles. The fourth-order valence-electron chi connectivity index (χ4n) is 1.64. The molecule has 0 aliphatic heterocycles. The minimum atomic E-state index is -5.08. The molecule has 1 aromatic heterocycles. The number of carbonyl (C=O) groups is 2. The summed E-state index contributed by atoms with van der Waals surface area (Å²) in [5.74, 6) is -3.43. The standard InChI is InChI=1S/C13H13NO3.C2HF3O2/c14-10(8-9-4-2-1-3-5-9)11-6-7-12(17-11)13(15)16;3-2(4,5)1(6)7/h1-7,10H,8,14H2,(H,15,16);(H,6,7)/t10-;/m1./s1. The van der Waals surface area contributed by atoms with Gasteiger partial charge in [0.15, 0.2) is 0 Å². The number of carboxylic acid groups (broad SMARTS) is 2. The molecule has 1 atom stereocenters. The molecule has 0 bridgehead atoms. The zero-order valence-corrected chi connectivity index (χ0v) is 12.2. The smallest absolute Gasteiger partial charge is 0.475 e. The van der Waals surface area contributed by atoms with Gasteiger partial charge in [-0.3, -0.25) is 0 Å². The molecule has 130 valence electrons. The van der Waals surface area contributed by atoms with Gasteiger partial charge in [0.25, 0.3) is 0 Å². The molecule has 0 aliphatic rings. The summed E-state index contributed by atoms with van der Waals surface area (Å²) >= 11 is 0. The van der Waals surface area contributed by atoms with Gasteiger partial charge < -0.3 is 20.4 Å². The lowest BCUT2D eigenvalue weighted by Gasteiger charge is -2.08. The van der Waals surface area contributed by atoms with E-state index < -0.39 is 18.1 Å². The number of halogens is 3. The second-order valence-corrected chi connectivity index (χ2v) is 4.61. The second kappa shape index (κ2) is 8.16. The Hall–Kier alpha value is -2.81. The van der Waals surface area contributed by atoms with Crippen LogP contribution >= 0.6 is 0 Å². The molecule has 0 amide bonds. The van der Waals surface area contributed by atoms with Gasteiger partial charge in [-0.2, -0.15) is 13.2 Å². The predicted octanol–water partition coefficient (Wildman–Crippen LogP) is 2.85. The minimum absolute atomic E-state index is 0.0801. The largest absolute Gasteiger partial charge is 0.490 e. The summed E-state index contributed by atoms with van der Waals surface area (Å²) in [6, 6.07) is 12.5. The highest BCUT2D eigenvalue weighted by atomic mass is 19.4. The highest BCUT2D eigenvalue weighted by Gasteiger charge is 2.38. The van der Waals surface area contributed by atoms with Crippen LogP contribution in [0, 0.1) is 0 Å². The first-order valence-electron chi connectivity index (χ1n) is 6.54. The van der Waals surface area contributed by atoms with Crippen LogP contribution in [0.4, 0.5) is 13.2 Å². The number of rotatable bonds is 4. The van der Waals surface area contributed by atoms with Crippen molar-refractivity contribution in [1.29, 1.82) is 0 Å². The van der Waals surface area contributed by atoms with Crippen molar-refractivity contribution in [2.24, 2.45) is 5.73 Å². The lowest BCUT2D eigenvalue weighted by atomic mass is 10.1. The maximum atomic E-state index is 10.7. The molecular weight excluding hydrogens is 331 g/mol. The summed E-state index contributed by atoms with van der Waals surface area (Å²) in [5.41, 5.74) is 7.04. The van der Waals surface area contributed by atoms with Crippen molar-refractivity contribution in [2.75, 3.05) is 0 Å². The van der Waals surface area contributed by atoms with Crippen LogP contribution < -0.4 is 5.73 Å². The number of hydrogen-bond donors (Lipinski definition) is 3. The van der Waals surface area contributed by atoms with E-state index in [1.54, 1.807) is 6.07 Å². The fraction of sp³-hybridized carbons (Fsp3) is 0.200. The minimum Gasteiger partial charge on any atom is -0.475 e. The van der Waals surface area contributed by atoms with E-state index in [-0.39, 0.29) is 11.8 Å². The Morgan fingerprint density at radius 2 is 1.62 bits per heavy atom. The summed E-state index contributed by atoms with van der Waals surface area (Å²) in [6.07, 6.45) is -4.46. The van der Waals surface area contributed by atoms with Crippen LogP contribution in [0.15, 0.2) is 46.9 Å². The van der Waals surface area contributed by atoms with Gasteiger partial charge in [-0.1, -0.05) is 30.3 Å². The molecule has 4 N–H and O–H groups in total. The van der Waals surface area contributed by atoms with Crippen LogP contribution in [0.5, 0.6) is 0 Å². The molecule has 1 aromatic carbocycles. The molecule has 6 nitrogen and oxygen atoms in total. The Bertz CT molecular complexity index is 682. The van der Waals surface area contributed by atoms with E-state index in [0.29, 0.717) is 12.2 Å². The number of aliphatic carboxylic acids is 1. The normalized spacial score (nSPS) is 12.0. The van der Waals surface area contributed by atoms with Crippen LogP contribution in [-0.2, 0) is 11.2 Å². The Morgan fingerprint density at radius 3 is 2.04 bits per heavy atom. The molecule has 9 heteroatoms. The third-order valence-electron chi connectivity index (χ3n) is 2.74. The van der Waals surface area contributed by atoms with Crippen molar-refractivity contribution < 1.29 is 37.4 Å². The zero-order chi connectivity index (χ0) is 18.3. The maximum absolute atomic E-state index is 10.7. The summed E-state index contributed by atoms with van der Waals surface area (Å²) in [7, 11) is 0. The third kappa shape index (κ3) is 6.13. The maximum Gasteiger partial charge on any atom is 0.490 e.